The fraction of sp³-hybridized carbons (Fsp3) is 0.375. The van der Waals surface area contributed by atoms with Crippen LogP contribution in [0.5, 0.6) is 0 Å². The Morgan fingerprint density at radius 2 is 2.05 bits per heavy atom. The smallest absolute Gasteiger partial charge is 0.239 e. The number of hydrogen-bond donors (Lipinski definition) is 2. The van der Waals surface area contributed by atoms with E-state index in [-0.39, 0.29) is 18.4 Å². The van der Waals surface area contributed by atoms with Crippen LogP contribution in [0.25, 0.3) is 10.9 Å². The van der Waals surface area contributed by atoms with Gasteiger partial charge < -0.3 is 15.2 Å². The maximum atomic E-state index is 12.2. The van der Waals surface area contributed by atoms with E-state index in [0.29, 0.717) is 13.0 Å². The third-order valence-electron chi connectivity index (χ3n) is 3.40. The van der Waals surface area contributed by atoms with Gasteiger partial charge in [0.15, 0.2) is 0 Å². The Morgan fingerprint density at radius 3 is 2.81 bits per heavy atom. The van der Waals surface area contributed by atoms with Crippen molar-refractivity contribution in [3.63, 3.8) is 0 Å². The van der Waals surface area contributed by atoms with Gasteiger partial charge in [-0.15, -0.1) is 0 Å². The zero-order valence-corrected chi connectivity index (χ0v) is 12.5. The molecule has 2 rings (SSSR count). The number of para-hydroxylation sites is 1. The summed E-state index contributed by atoms with van der Waals surface area (Å²) in [6.07, 6.45) is 3.04. The van der Waals surface area contributed by atoms with Crippen LogP contribution in [0.1, 0.15) is 18.9 Å². The largest absolute Gasteiger partial charge is 0.361 e. The van der Waals surface area contributed by atoms with Gasteiger partial charge in [-0.05, 0) is 18.1 Å². The molecule has 21 heavy (non-hydrogen) atoms. The predicted molar refractivity (Wildman–Crippen MR) is 82.9 cm³/mol. The molecule has 0 bridgehead atoms. The summed E-state index contributed by atoms with van der Waals surface area (Å²) < 4.78 is 0. The third-order valence-corrected chi connectivity index (χ3v) is 3.40. The number of rotatable bonds is 6. The molecule has 0 aliphatic rings. The van der Waals surface area contributed by atoms with Crippen LogP contribution in [0, 0.1) is 0 Å². The van der Waals surface area contributed by atoms with E-state index in [1.54, 1.807) is 7.05 Å². The lowest BCUT2D eigenvalue weighted by Gasteiger charge is -2.16. The Hall–Kier alpha value is -2.30. The van der Waals surface area contributed by atoms with Crippen LogP contribution in [-0.4, -0.2) is 41.8 Å². The highest BCUT2D eigenvalue weighted by atomic mass is 16.2. The van der Waals surface area contributed by atoms with Gasteiger partial charge in [0.1, 0.15) is 0 Å². The van der Waals surface area contributed by atoms with Gasteiger partial charge in [-0.25, -0.2) is 0 Å². The van der Waals surface area contributed by atoms with Gasteiger partial charge in [0.25, 0.3) is 0 Å². The quantitative estimate of drug-likeness (QED) is 0.849. The van der Waals surface area contributed by atoms with Crippen molar-refractivity contribution in [2.45, 2.75) is 19.8 Å². The number of hydrogen-bond acceptors (Lipinski definition) is 2. The highest BCUT2D eigenvalue weighted by molar-refractivity contribution is 5.90. The normalized spacial score (nSPS) is 10.6. The molecule has 2 amide bonds. The summed E-state index contributed by atoms with van der Waals surface area (Å²) in [6, 6.07) is 7.87. The Balaban J connectivity index is 1.96. The van der Waals surface area contributed by atoms with Crippen LogP contribution >= 0.6 is 0 Å². The minimum absolute atomic E-state index is 0.0635. The maximum Gasteiger partial charge on any atom is 0.239 e. The number of likely N-dealkylation sites (N-methyl/N-ethyl adjacent to an activating group) is 1. The second-order valence-electron chi connectivity index (χ2n) is 5.14. The molecule has 0 saturated carbocycles. The number of carbonyl (C=O) groups excluding carboxylic acids is 2. The maximum absolute atomic E-state index is 12.2. The van der Waals surface area contributed by atoms with Gasteiger partial charge in [0.05, 0.1) is 13.0 Å². The van der Waals surface area contributed by atoms with Crippen molar-refractivity contribution in [3.8, 4) is 0 Å². The first-order chi connectivity index (χ1) is 10.1. The Kier molecular flexibility index (Phi) is 4.98. The van der Waals surface area contributed by atoms with Crippen LogP contribution in [0.3, 0.4) is 0 Å². The number of carbonyl (C=O) groups is 2. The topological polar surface area (TPSA) is 65.2 Å². The third kappa shape index (κ3) is 3.84. The van der Waals surface area contributed by atoms with Crippen molar-refractivity contribution in [2.75, 3.05) is 20.1 Å². The van der Waals surface area contributed by atoms with Crippen molar-refractivity contribution < 1.29 is 9.59 Å². The van der Waals surface area contributed by atoms with Gasteiger partial charge in [-0.3, -0.25) is 9.59 Å². The monoisotopic (exact) mass is 287 g/mol. The van der Waals surface area contributed by atoms with Crippen LogP contribution in [0.4, 0.5) is 0 Å². The summed E-state index contributed by atoms with van der Waals surface area (Å²) in [5.41, 5.74) is 1.97. The van der Waals surface area contributed by atoms with Crippen LogP contribution in [0.2, 0.25) is 0 Å². The fourth-order valence-electron chi connectivity index (χ4n) is 2.20. The number of aromatic nitrogens is 1. The molecule has 0 saturated heterocycles. The summed E-state index contributed by atoms with van der Waals surface area (Å²) in [5, 5.41) is 3.82. The van der Waals surface area contributed by atoms with E-state index in [1.165, 1.54) is 4.90 Å². The zero-order valence-electron chi connectivity index (χ0n) is 12.5. The van der Waals surface area contributed by atoms with Crippen LogP contribution in [-0.2, 0) is 16.0 Å². The van der Waals surface area contributed by atoms with Crippen LogP contribution < -0.4 is 5.32 Å². The molecule has 0 aliphatic heterocycles. The minimum Gasteiger partial charge on any atom is -0.361 e. The Labute approximate surface area is 124 Å². The number of benzene rings is 1. The zero-order chi connectivity index (χ0) is 15.2. The van der Waals surface area contributed by atoms with Crippen LogP contribution in [0.15, 0.2) is 30.5 Å². The molecule has 0 spiro atoms. The minimum atomic E-state index is -0.119. The molecule has 0 atom stereocenters. The van der Waals surface area contributed by atoms with E-state index in [1.807, 2.05) is 37.4 Å². The van der Waals surface area contributed by atoms with Gasteiger partial charge >= 0.3 is 0 Å². The molecule has 5 nitrogen and oxygen atoms in total. The lowest BCUT2D eigenvalue weighted by molar-refractivity contribution is -0.134. The highest BCUT2D eigenvalue weighted by Gasteiger charge is 2.15. The first-order valence-corrected chi connectivity index (χ1v) is 7.17. The molecule has 1 heterocycles. The van der Waals surface area contributed by atoms with Crippen molar-refractivity contribution in [1.29, 1.82) is 0 Å². The van der Waals surface area contributed by atoms with E-state index < -0.39 is 0 Å². The first kappa shape index (κ1) is 15.1. The van der Waals surface area contributed by atoms with Crippen molar-refractivity contribution in [3.05, 3.63) is 36.0 Å². The first-order valence-electron chi connectivity index (χ1n) is 7.17. The molecule has 0 radical (unpaired) electrons. The van der Waals surface area contributed by atoms with Gasteiger partial charge in [0.2, 0.25) is 11.8 Å². The summed E-state index contributed by atoms with van der Waals surface area (Å²) in [7, 11) is 1.66. The summed E-state index contributed by atoms with van der Waals surface area (Å²) in [6.45, 7) is 2.73. The molecule has 0 fully saturated rings. The second-order valence-corrected chi connectivity index (χ2v) is 5.14. The molecule has 1 aromatic heterocycles. The molecule has 2 N–H and O–H groups in total. The van der Waals surface area contributed by atoms with Gasteiger partial charge in [-0.2, -0.15) is 0 Å². The van der Waals surface area contributed by atoms with Crippen molar-refractivity contribution in [2.24, 2.45) is 0 Å². The Bertz CT molecular complexity index is 633. The molecule has 5 heteroatoms. The predicted octanol–water partition coefficient (Wildman–Crippen LogP) is 1.69. The number of amides is 2. The molecular formula is C16H21N3O2. The molecule has 1 aromatic carbocycles. The lowest BCUT2D eigenvalue weighted by Crippen LogP contribution is -2.39. The fourth-order valence-corrected chi connectivity index (χ4v) is 2.20. The number of aromatic amines is 1. The van der Waals surface area contributed by atoms with E-state index in [2.05, 4.69) is 10.3 Å². The number of H-pyrrole nitrogens is 1. The van der Waals surface area contributed by atoms with E-state index in [9.17, 15) is 9.59 Å². The number of nitrogens with one attached hydrogen (secondary N) is 2. The van der Waals surface area contributed by atoms with Crippen molar-refractivity contribution >= 4 is 22.7 Å². The molecule has 2 aromatic rings. The lowest BCUT2D eigenvalue weighted by atomic mass is 10.1. The van der Waals surface area contributed by atoms with E-state index in [4.69, 9.17) is 0 Å². The average molecular weight is 287 g/mol. The molecular weight excluding hydrogens is 266 g/mol. The highest BCUT2D eigenvalue weighted by Crippen LogP contribution is 2.18. The average Bonchev–Trinajstić information content (AvgIpc) is 2.88. The molecule has 112 valence electrons. The number of nitrogens with zero attached hydrogens (tertiary/aromatic N) is 1. The summed E-state index contributed by atoms with van der Waals surface area (Å²) in [4.78, 5) is 28.4. The van der Waals surface area contributed by atoms with E-state index in [0.717, 1.165) is 22.9 Å². The summed E-state index contributed by atoms with van der Waals surface area (Å²) in [5.74, 6) is -0.182. The molecule has 0 unspecified atom stereocenters. The summed E-state index contributed by atoms with van der Waals surface area (Å²) >= 11 is 0. The van der Waals surface area contributed by atoms with E-state index >= 15 is 0 Å². The second kappa shape index (κ2) is 6.92. The number of fused-ring (bicyclic) bond motifs is 1. The Morgan fingerprint density at radius 1 is 1.29 bits per heavy atom. The SMILES string of the molecule is CCCNC(=O)CN(C)C(=O)Cc1c[nH]c2ccccc12. The van der Waals surface area contributed by atoms with Gasteiger partial charge in [0, 0.05) is 30.7 Å². The molecule has 0 aliphatic carbocycles. The van der Waals surface area contributed by atoms with Crippen molar-refractivity contribution in [1.82, 2.24) is 15.2 Å². The van der Waals surface area contributed by atoms with Gasteiger partial charge in [-0.1, -0.05) is 25.1 Å². The standard InChI is InChI=1S/C16H21N3O2/c1-3-8-17-15(20)11-19(2)16(21)9-12-10-18-14-7-5-4-6-13(12)14/h4-7,10,18H,3,8-9,11H2,1-2H3,(H,17,20).